The molecule has 610 valence electrons. The first kappa shape index (κ1) is 99.6. The van der Waals surface area contributed by atoms with Gasteiger partial charge in [-0.25, -0.2) is 0 Å². The Morgan fingerprint density at radius 1 is 0.212 bits per heavy atom. The molecular formula is C85H159N3O16. The van der Waals surface area contributed by atoms with Gasteiger partial charge in [-0.1, -0.05) is 261 Å². The van der Waals surface area contributed by atoms with Crippen molar-refractivity contribution >= 4 is 47.8 Å². The summed E-state index contributed by atoms with van der Waals surface area (Å²) in [7, 11) is 1.95. The van der Waals surface area contributed by atoms with Crippen molar-refractivity contribution in [1.82, 2.24) is 14.7 Å². The summed E-state index contributed by atoms with van der Waals surface area (Å²) in [4.78, 5) is 111. The average Bonchev–Trinajstić information content (AvgIpc) is 1.33. The van der Waals surface area contributed by atoms with E-state index in [1.807, 2.05) is 16.8 Å². The van der Waals surface area contributed by atoms with Crippen LogP contribution in [-0.4, -0.2) is 175 Å². The van der Waals surface area contributed by atoms with Gasteiger partial charge < -0.3 is 52.6 Å². The van der Waals surface area contributed by atoms with E-state index in [9.17, 15) is 38.4 Å². The fourth-order valence-corrected chi connectivity index (χ4v) is 12.9. The fourth-order valence-electron chi connectivity index (χ4n) is 12.9. The Kier molecular flexibility index (Phi) is 71.0. The normalized spacial score (nSPS) is 12.7. The molecular weight excluding hydrogens is 1320 g/mol. The van der Waals surface area contributed by atoms with E-state index in [0.29, 0.717) is 76.3 Å². The van der Waals surface area contributed by atoms with Crippen LogP contribution in [0, 0.1) is 23.7 Å². The van der Waals surface area contributed by atoms with E-state index in [-0.39, 0.29) is 128 Å². The lowest BCUT2D eigenvalue weighted by Crippen LogP contribution is -2.40. The maximum Gasteiger partial charge on any atom is 0.309 e. The standard InChI is InChI=1S/C85H159N3O16/c1-10-18-26-30-38-46-74(42-34-22-14-5)70-101-82(93)54-66-97-78(89)50-58-87(59-51-79(90)98-67-55-83(94)102-71-75(43-35-23-15-6)47-39-31-27-19-11-2)64-62-86(9)63-65-88(60-52-80(91)99-68-56-84(95)103-72-76(44-36-24-16-7)48-40-32-28-20-12-3)61-53-81(92)100-69-57-85(96)104-73-77(45-37-25-17-8)49-41-33-29-21-13-4/h74-77H,10-73H2,1-9H3. The summed E-state index contributed by atoms with van der Waals surface area (Å²) >= 11 is 0. The van der Waals surface area contributed by atoms with E-state index in [0.717, 1.165) is 154 Å². The Morgan fingerprint density at radius 2 is 0.385 bits per heavy atom. The maximum atomic E-state index is 13.3. The molecule has 0 aromatic rings. The first-order chi connectivity index (χ1) is 50.5. The van der Waals surface area contributed by atoms with Crippen molar-refractivity contribution in [2.45, 2.75) is 364 Å². The number of ether oxygens (including phenoxy) is 8. The minimum Gasteiger partial charge on any atom is -0.465 e. The number of esters is 8. The van der Waals surface area contributed by atoms with E-state index >= 15 is 0 Å². The highest BCUT2D eigenvalue weighted by atomic mass is 16.6. The monoisotopic (exact) mass is 1480 g/mol. The summed E-state index contributed by atoms with van der Waals surface area (Å²) in [6.07, 6.45) is 45.5. The largest absolute Gasteiger partial charge is 0.465 e. The lowest BCUT2D eigenvalue weighted by Gasteiger charge is -2.27. The van der Waals surface area contributed by atoms with Crippen molar-refractivity contribution in [2.24, 2.45) is 23.7 Å². The molecule has 0 radical (unpaired) electrons. The van der Waals surface area contributed by atoms with E-state index in [2.05, 4.69) is 60.3 Å². The van der Waals surface area contributed by atoms with Crippen LogP contribution in [-0.2, 0) is 76.3 Å². The SMILES string of the molecule is CCCCCCCC(CCCCC)COC(=O)CCOC(=O)CCN(CCC(=O)OCCC(=O)OCC(CCCCC)CCCCCCC)CCN(C)CCN(CCC(=O)OCCC(=O)OCC(CCCCC)CCCCCCC)CCC(=O)OCCC(=O)OCC(CCCCC)CCCCCCC. The zero-order chi connectivity index (χ0) is 76.6. The number of nitrogens with zero attached hydrogens (tertiary/aromatic N) is 3. The van der Waals surface area contributed by atoms with Gasteiger partial charge in [0.1, 0.15) is 26.4 Å². The van der Waals surface area contributed by atoms with Crippen molar-refractivity contribution in [3.05, 3.63) is 0 Å². The lowest BCUT2D eigenvalue weighted by atomic mass is 9.95. The third kappa shape index (κ3) is 65.9. The molecule has 0 saturated carbocycles. The van der Waals surface area contributed by atoms with Gasteiger partial charge in [-0.3, -0.25) is 38.4 Å². The first-order valence-electron chi connectivity index (χ1n) is 42.9. The molecule has 0 spiro atoms. The Balaban J connectivity index is 6.10. The molecule has 0 aliphatic heterocycles. The molecule has 0 aliphatic carbocycles. The molecule has 0 aromatic heterocycles. The molecule has 4 unspecified atom stereocenters. The van der Waals surface area contributed by atoms with E-state index in [1.54, 1.807) is 0 Å². The lowest BCUT2D eigenvalue weighted by molar-refractivity contribution is -0.152. The molecule has 0 rings (SSSR count). The molecule has 19 heteroatoms. The van der Waals surface area contributed by atoms with E-state index < -0.39 is 23.9 Å². The van der Waals surface area contributed by atoms with Gasteiger partial charge in [0.2, 0.25) is 0 Å². The molecule has 0 bridgehead atoms. The minimum atomic E-state index is -0.478. The second-order valence-electron chi connectivity index (χ2n) is 29.9. The Morgan fingerprint density at radius 3 is 0.587 bits per heavy atom. The molecule has 19 nitrogen and oxygen atoms in total. The minimum absolute atomic E-state index is 0.00932. The van der Waals surface area contributed by atoms with Crippen LogP contribution >= 0.6 is 0 Å². The van der Waals surface area contributed by atoms with Crippen molar-refractivity contribution in [2.75, 3.05) is 112 Å². The van der Waals surface area contributed by atoms with Gasteiger partial charge in [0.25, 0.3) is 0 Å². The molecule has 0 saturated heterocycles. The molecule has 0 heterocycles. The summed E-state index contributed by atoms with van der Waals surface area (Å²) in [5.74, 6) is -2.19. The third-order valence-corrected chi connectivity index (χ3v) is 20.0. The van der Waals surface area contributed by atoms with Gasteiger partial charge in [-0.15, -0.1) is 0 Å². The van der Waals surface area contributed by atoms with Gasteiger partial charge >= 0.3 is 47.8 Å². The van der Waals surface area contributed by atoms with Gasteiger partial charge in [-0.2, -0.15) is 0 Å². The number of unbranched alkanes of at least 4 members (excludes halogenated alkanes) is 24. The van der Waals surface area contributed by atoms with Crippen LogP contribution in [0.5, 0.6) is 0 Å². The highest BCUT2D eigenvalue weighted by Crippen LogP contribution is 2.24. The third-order valence-electron chi connectivity index (χ3n) is 20.0. The van der Waals surface area contributed by atoms with Crippen molar-refractivity contribution in [3.8, 4) is 0 Å². The number of hydrogen-bond donors (Lipinski definition) is 0. The second kappa shape index (κ2) is 74.1. The van der Waals surface area contributed by atoms with Crippen LogP contribution in [0.4, 0.5) is 0 Å². The van der Waals surface area contributed by atoms with Crippen molar-refractivity contribution in [3.63, 3.8) is 0 Å². The summed E-state index contributed by atoms with van der Waals surface area (Å²) < 4.78 is 45.1. The smallest absolute Gasteiger partial charge is 0.309 e. The summed E-state index contributed by atoms with van der Waals surface area (Å²) in [5, 5.41) is 0. The molecule has 104 heavy (non-hydrogen) atoms. The Bertz CT molecular complexity index is 1790. The molecule has 0 amide bonds. The van der Waals surface area contributed by atoms with E-state index in [4.69, 9.17) is 37.9 Å². The Labute approximate surface area is 635 Å². The summed E-state index contributed by atoms with van der Waals surface area (Å²) in [6.45, 7) is 21.7. The van der Waals surface area contributed by atoms with Crippen molar-refractivity contribution < 1.29 is 76.3 Å². The van der Waals surface area contributed by atoms with Gasteiger partial charge in [-0.05, 0) is 82.1 Å². The highest BCUT2D eigenvalue weighted by molar-refractivity contribution is 5.74. The van der Waals surface area contributed by atoms with Crippen molar-refractivity contribution in [1.29, 1.82) is 0 Å². The topological polar surface area (TPSA) is 220 Å². The quantitative estimate of drug-likeness (QED) is 0.0314. The second-order valence-corrected chi connectivity index (χ2v) is 29.9. The summed E-state index contributed by atoms with van der Waals surface area (Å²) in [5.41, 5.74) is 0. The average molecular weight is 1480 g/mol. The predicted octanol–water partition coefficient (Wildman–Crippen LogP) is 19.2. The summed E-state index contributed by atoms with van der Waals surface area (Å²) in [6, 6.07) is 0. The number of likely N-dealkylation sites (N-methyl/N-ethyl adjacent to an activating group) is 1. The van der Waals surface area contributed by atoms with Gasteiger partial charge in [0.05, 0.1) is 77.8 Å². The number of carbonyl (C=O) groups is 8. The zero-order valence-electron chi connectivity index (χ0n) is 68.4. The van der Waals surface area contributed by atoms with E-state index in [1.165, 1.54) is 103 Å². The number of rotatable bonds is 78. The number of hydrogen-bond acceptors (Lipinski definition) is 19. The first-order valence-corrected chi connectivity index (χ1v) is 42.9. The maximum absolute atomic E-state index is 13.3. The molecule has 0 N–H and O–H groups in total. The van der Waals surface area contributed by atoms with Crippen LogP contribution in [0.3, 0.4) is 0 Å². The zero-order valence-corrected chi connectivity index (χ0v) is 68.4. The van der Waals surface area contributed by atoms with Crippen LogP contribution in [0.2, 0.25) is 0 Å². The molecule has 4 atom stereocenters. The fraction of sp³-hybridized carbons (Fsp3) is 0.906. The highest BCUT2D eigenvalue weighted by Gasteiger charge is 2.21. The van der Waals surface area contributed by atoms with Gasteiger partial charge in [0.15, 0.2) is 0 Å². The molecule has 0 aromatic carbocycles. The van der Waals surface area contributed by atoms with Crippen LogP contribution in [0.25, 0.3) is 0 Å². The van der Waals surface area contributed by atoms with Crippen LogP contribution in [0.1, 0.15) is 364 Å². The molecule has 0 aliphatic rings. The predicted molar refractivity (Wildman–Crippen MR) is 419 cm³/mol. The number of carbonyl (C=O) groups excluding carboxylic acids is 8. The van der Waals surface area contributed by atoms with Gasteiger partial charge in [0, 0.05) is 52.4 Å². The Hall–Kier alpha value is -4.36. The van der Waals surface area contributed by atoms with Crippen LogP contribution < -0.4 is 0 Å². The molecule has 0 fully saturated rings. The van der Waals surface area contributed by atoms with Crippen LogP contribution in [0.15, 0.2) is 0 Å².